The van der Waals surface area contributed by atoms with Crippen LogP contribution in [0.1, 0.15) is 18.7 Å². The van der Waals surface area contributed by atoms with Gasteiger partial charge in [0.1, 0.15) is 0 Å². The lowest BCUT2D eigenvalue weighted by atomic mass is 10.2. The number of nitrogens with zero attached hydrogens (tertiary/aromatic N) is 4. The van der Waals surface area contributed by atoms with E-state index >= 15 is 0 Å². The first-order chi connectivity index (χ1) is 7.13. The molecule has 8 heteroatoms. The Hall–Kier alpha value is -1.02. The first kappa shape index (κ1) is 10.5. The number of tetrazole rings is 1. The Morgan fingerprint density at radius 2 is 2.33 bits per heavy atom. The molecule has 2 N–H and O–H groups in total. The Morgan fingerprint density at radius 3 is 2.93 bits per heavy atom. The third-order valence-electron chi connectivity index (χ3n) is 2.63. The molecule has 1 unspecified atom stereocenters. The molecule has 1 atom stereocenters. The summed E-state index contributed by atoms with van der Waals surface area (Å²) in [6, 6.07) is 0. The molecule has 84 valence electrons. The van der Waals surface area contributed by atoms with E-state index in [9.17, 15) is 8.42 Å². The molecule has 2 rings (SSSR count). The fourth-order valence-corrected chi connectivity index (χ4v) is 3.56. The molecule has 1 aromatic heterocycles. The molecule has 0 aliphatic carbocycles. The van der Waals surface area contributed by atoms with Crippen LogP contribution < -0.4 is 5.73 Å². The molecule has 15 heavy (non-hydrogen) atoms. The fourth-order valence-electron chi connectivity index (χ4n) is 1.77. The first-order valence-corrected chi connectivity index (χ1v) is 6.51. The van der Waals surface area contributed by atoms with E-state index in [1.807, 2.05) is 0 Å². The van der Waals surface area contributed by atoms with Crippen LogP contribution in [0.15, 0.2) is 0 Å². The molecular formula is C7H13N5O2S. The summed E-state index contributed by atoms with van der Waals surface area (Å²) in [4.78, 5) is 0. The molecule has 0 amide bonds. The largest absolute Gasteiger partial charge is 0.324 e. The highest BCUT2D eigenvalue weighted by molar-refractivity contribution is 7.92. The van der Waals surface area contributed by atoms with Crippen molar-refractivity contribution in [3.8, 4) is 0 Å². The minimum atomic E-state index is -2.95. The van der Waals surface area contributed by atoms with Crippen LogP contribution >= 0.6 is 0 Å². The molecule has 1 saturated heterocycles. The summed E-state index contributed by atoms with van der Waals surface area (Å²) in [7, 11) is -2.95. The van der Waals surface area contributed by atoms with Gasteiger partial charge >= 0.3 is 0 Å². The highest BCUT2D eigenvalue weighted by Crippen LogP contribution is 2.21. The minimum absolute atomic E-state index is 0.222. The van der Waals surface area contributed by atoms with E-state index in [-0.39, 0.29) is 17.5 Å². The molecular weight excluding hydrogens is 218 g/mol. The Balaban J connectivity index is 2.16. The minimum Gasteiger partial charge on any atom is -0.324 e. The van der Waals surface area contributed by atoms with Crippen LogP contribution in [-0.4, -0.2) is 39.6 Å². The normalized spacial score (nSPS) is 24.5. The molecule has 0 aromatic carbocycles. The predicted octanol–water partition coefficient (Wildman–Crippen LogP) is -1.29. The van der Waals surface area contributed by atoms with Crippen molar-refractivity contribution < 1.29 is 8.42 Å². The molecule has 0 radical (unpaired) electrons. The van der Waals surface area contributed by atoms with Gasteiger partial charge in [0.25, 0.3) is 0 Å². The van der Waals surface area contributed by atoms with E-state index in [0.29, 0.717) is 18.8 Å². The Labute approximate surface area is 87.6 Å². The zero-order valence-electron chi connectivity index (χ0n) is 8.20. The lowest BCUT2D eigenvalue weighted by Crippen LogP contribution is -2.24. The van der Waals surface area contributed by atoms with Gasteiger partial charge in [-0.05, 0) is 23.3 Å². The Kier molecular flexibility index (Phi) is 2.70. The Bertz CT molecular complexity index is 440. The van der Waals surface area contributed by atoms with Gasteiger partial charge in [-0.15, -0.1) is 5.10 Å². The summed E-state index contributed by atoms with van der Waals surface area (Å²) in [6.45, 7) is 0.543. The SMILES string of the molecule is NCc1nnnn1CC1CCCS1(=O)=O. The fraction of sp³-hybridized carbons (Fsp3) is 0.857. The van der Waals surface area contributed by atoms with Gasteiger partial charge in [0, 0.05) is 0 Å². The molecule has 1 aromatic rings. The maximum Gasteiger partial charge on any atom is 0.164 e. The van der Waals surface area contributed by atoms with E-state index < -0.39 is 9.84 Å². The van der Waals surface area contributed by atoms with Gasteiger partial charge < -0.3 is 5.73 Å². The second-order valence-electron chi connectivity index (χ2n) is 3.61. The van der Waals surface area contributed by atoms with E-state index in [2.05, 4.69) is 15.5 Å². The average Bonchev–Trinajstić information content (AvgIpc) is 2.74. The summed E-state index contributed by atoms with van der Waals surface area (Å²) in [6.07, 6.45) is 1.42. The van der Waals surface area contributed by atoms with Crippen molar-refractivity contribution in [2.45, 2.75) is 31.2 Å². The van der Waals surface area contributed by atoms with Crippen LogP contribution in [0.2, 0.25) is 0 Å². The van der Waals surface area contributed by atoms with Crippen molar-refractivity contribution in [3.63, 3.8) is 0 Å². The predicted molar refractivity (Wildman–Crippen MR) is 52.5 cm³/mol. The lowest BCUT2D eigenvalue weighted by Gasteiger charge is -2.09. The first-order valence-electron chi connectivity index (χ1n) is 4.80. The molecule has 0 bridgehead atoms. The van der Waals surface area contributed by atoms with Crippen LogP contribution in [0.3, 0.4) is 0 Å². The average molecular weight is 231 g/mol. The molecule has 7 nitrogen and oxygen atoms in total. The van der Waals surface area contributed by atoms with E-state index in [4.69, 9.17) is 5.73 Å². The van der Waals surface area contributed by atoms with Gasteiger partial charge in [0.15, 0.2) is 15.7 Å². The number of hydrogen-bond donors (Lipinski definition) is 1. The lowest BCUT2D eigenvalue weighted by molar-refractivity contribution is 0.518. The van der Waals surface area contributed by atoms with E-state index in [1.165, 1.54) is 4.68 Å². The van der Waals surface area contributed by atoms with Gasteiger partial charge in [0.05, 0.1) is 24.1 Å². The molecule has 0 spiro atoms. The molecule has 2 heterocycles. The maximum absolute atomic E-state index is 11.6. The molecule has 1 aliphatic rings. The summed E-state index contributed by atoms with van der Waals surface area (Å²) in [5.74, 6) is 0.801. The van der Waals surface area contributed by atoms with Gasteiger partial charge in [-0.2, -0.15) is 0 Å². The van der Waals surface area contributed by atoms with Crippen molar-refractivity contribution in [3.05, 3.63) is 5.82 Å². The number of aromatic nitrogens is 4. The van der Waals surface area contributed by atoms with Crippen molar-refractivity contribution in [1.29, 1.82) is 0 Å². The van der Waals surface area contributed by atoms with Crippen molar-refractivity contribution in [2.75, 3.05) is 5.75 Å². The second-order valence-corrected chi connectivity index (χ2v) is 6.01. The summed E-state index contributed by atoms with van der Waals surface area (Å²) >= 11 is 0. The number of sulfone groups is 1. The third-order valence-corrected chi connectivity index (χ3v) is 4.89. The summed E-state index contributed by atoms with van der Waals surface area (Å²) in [5, 5.41) is 10.5. The van der Waals surface area contributed by atoms with Crippen LogP contribution in [-0.2, 0) is 22.9 Å². The van der Waals surface area contributed by atoms with E-state index in [0.717, 1.165) is 6.42 Å². The highest BCUT2D eigenvalue weighted by atomic mass is 32.2. The van der Waals surface area contributed by atoms with Crippen molar-refractivity contribution in [2.24, 2.45) is 5.73 Å². The summed E-state index contributed by atoms with van der Waals surface area (Å²) < 4.78 is 24.6. The zero-order chi connectivity index (χ0) is 10.9. The molecule has 1 fully saturated rings. The van der Waals surface area contributed by atoms with Gasteiger partial charge in [-0.3, -0.25) is 0 Å². The number of nitrogens with two attached hydrogens (primary N) is 1. The van der Waals surface area contributed by atoms with Gasteiger partial charge in [0.2, 0.25) is 0 Å². The van der Waals surface area contributed by atoms with Crippen LogP contribution in [0.4, 0.5) is 0 Å². The van der Waals surface area contributed by atoms with Crippen LogP contribution in [0, 0.1) is 0 Å². The van der Waals surface area contributed by atoms with Crippen molar-refractivity contribution in [1.82, 2.24) is 20.2 Å². The van der Waals surface area contributed by atoms with Crippen LogP contribution in [0.25, 0.3) is 0 Å². The topological polar surface area (TPSA) is 104 Å². The second kappa shape index (κ2) is 3.86. The zero-order valence-corrected chi connectivity index (χ0v) is 9.02. The maximum atomic E-state index is 11.6. The van der Waals surface area contributed by atoms with Crippen molar-refractivity contribution >= 4 is 9.84 Å². The smallest absolute Gasteiger partial charge is 0.164 e. The third kappa shape index (κ3) is 2.00. The Morgan fingerprint density at radius 1 is 1.53 bits per heavy atom. The molecule has 1 aliphatic heterocycles. The number of hydrogen-bond acceptors (Lipinski definition) is 6. The van der Waals surface area contributed by atoms with Gasteiger partial charge in [-0.25, -0.2) is 13.1 Å². The van der Waals surface area contributed by atoms with E-state index in [1.54, 1.807) is 0 Å². The number of rotatable bonds is 3. The molecule has 0 saturated carbocycles. The standard InChI is InChI=1S/C7H13N5O2S/c8-4-7-9-10-11-12(7)5-6-2-1-3-15(6,13)14/h6H,1-5,8H2. The van der Waals surface area contributed by atoms with Crippen LogP contribution in [0.5, 0.6) is 0 Å². The monoisotopic (exact) mass is 231 g/mol. The van der Waals surface area contributed by atoms with Gasteiger partial charge in [-0.1, -0.05) is 0 Å². The summed E-state index contributed by atoms with van der Waals surface area (Å²) in [5.41, 5.74) is 5.42. The highest BCUT2D eigenvalue weighted by Gasteiger charge is 2.32. The quantitative estimate of drug-likeness (QED) is 0.694.